The average molecular weight is 423 g/mol. The number of benzene rings is 3. The maximum absolute atomic E-state index is 5.49. The minimum Gasteiger partial charge on any atom is -0.497 e. The molecule has 0 spiro atoms. The number of aromatic nitrogens is 4. The molecule has 0 saturated heterocycles. The van der Waals surface area contributed by atoms with Crippen molar-refractivity contribution in [2.24, 2.45) is 0 Å². The first-order valence-corrected chi connectivity index (χ1v) is 11.2. The summed E-state index contributed by atoms with van der Waals surface area (Å²) >= 11 is 0. The van der Waals surface area contributed by atoms with Gasteiger partial charge in [-0.3, -0.25) is 4.40 Å². The van der Waals surface area contributed by atoms with Crippen LogP contribution in [0.4, 0.5) is 0 Å². The predicted octanol–water partition coefficient (Wildman–Crippen LogP) is 6.35. The van der Waals surface area contributed by atoms with E-state index in [1.807, 2.05) is 36.4 Å². The lowest BCUT2D eigenvalue weighted by molar-refractivity contribution is 0.415. The number of unbranched alkanes of at least 4 members (excludes halogenated alkanes) is 2. The quantitative estimate of drug-likeness (QED) is 0.287. The highest BCUT2D eigenvalue weighted by molar-refractivity contribution is 5.88. The Morgan fingerprint density at radius 1 is 0.844 bits per heavy atom. The first-order chi connectivity index (χ1) is 15.8. The Labute approximate surface area is 187 Å². The van der Waals surface area contributed by atoms with E-state index in [9.17, 15) is 0 Å². The molecule has 0 N–H and O–H groups in total. The summed E-state index contributed by atoms with van der Waals surface area (Å²) in [6.45, 7) is 2.23. The lowest BCUT2D eigenvalue weighted by Gasteiger charge is -2.10. The lowest BCUT2D eigenvalue weighted by Crippen LogP contribution is -1.98. The number of ether oxygens (including phenoxy) is 1. The summed E-state index contributed by atoms with van der Waals surface area (Å²) in [5, 5.41) is 9.16. The van der Waals surface area contributed by atoms with Crippen molar-refractivity contribution in [3.63, 3.8) is 0 Å². The Hall–Kier alpha value is -3.73. The Kier molecular flexibility index (Phi) is 5.55. The third-order valence-electron chi connectivity index (χ3n) is 5.86. The largest absolute Gasteiger partial charge is 0.497 e. The maximum Gasteiger partial charge on any atom is 0.188 e. The molecule has 5 nitrogen and oxygen atoms in total. The number of aryl methyl sites for hydroxylation is 1. The van der Waals surface area contributed by atoms with Gasteiger partial charge in [-0.25, -0.2) is 4.98 Å². The molecule has 5 aromatic rings. The van der Waals surface area contributed by atoms with Crippen LogP contribution in [0.15, 0.2) is 72.8 Å². The molecule has 0 atom stereocenters. The molecule has 0 unspecified atom stereocenters. The van der Waals surface area contributed by atoms with Gasteiger partial charge in [0.2, 0.25) is 0 Å². The molecule has 5 heteroatoms. The summed E-state index contributed by atoms with van der Waals surface area (Å²) in [5.74, 6) is 1.58. The SMILES string of the molecule is CCCCCc1ccc(-c2nnc3c(-c4ccccc4)nc4ccc(OC)cc4n23)cc1. The Bertz CT molecular complexity index is 1360. The second-order valence-corrected chi connectivity index (χ2v) is 8.02. The molecule has 32 heavy (non-hydrogen) atoms. The molecule has 160 valence electrons. The van der Waals surface area contributed by atoms with E-state index in [0.717, 1.165) is 51.5 Å². The van der Waals surface area contributed by atoms with Gasteiger partial charge in [0.1, 0.15) is 11.4 Å². The number of hydrogen-bond donors (Lipinski definition) is 0. The average Bonchev–Trinajstić information content (AvgIpc) is 3.30. The second-order valence-electron chi connectivity index (χ2n) is 8.02. The molecule has 0 saturated carbocycles. The first-order valence-electron chi connectivity index (χ1n) is 11.2. The number of methoxy groups -OCH3 is 1. The monoisotopic (exact) mass is 422 g/mol. The van der Waals surface area contributed by atoms with Gasteiger partial charge in [0, 0.05) is 17.2 Å². The van der Waals surface area contributed by atoms with E-state index in [2.05, 4.69) is 57.9 Å². The fourth-order valence-corrected chi connectivity index (χ4v) is 4.12. The minimum atomic E-state index is 0.735. The highest BCUT2D eigenvalue weighted by atomic mass is 16.5. The van der Waals surface area contributed by atoms with Crippen LogP contribution >= 0.6 is 0 Å². The third kappa shape index (κ3) is 3.71. The molecule has 0 aliphatic rings. The number of hydrogen-bond acceptors (Lipinski definition) is 4. The van der Waals surface area contributed by atoms with Crippen molar-refractivity contribution in [3.8, 4) is 28.4 Å². The summed E-state index contributed by atoms with van der Waals surface area (Å²) in [6.07, 6.45) is 4.83. The van der Waals surface area contributed by atoms with E-state index < -0.39 is 0 Å². The van der Waals surface area contributed by atoms with Crippen molar-refractivity contribution in [1.82, 2.24) is 19.6 Å². The van der Waals surface area contributed by atoms with Crippen LogP contribution in [-0.2, 0) is 6.42 Å². The van der Waals surface area contributed by atoms with Crippen LogP contribution in [-0.4, -0.2) is 26.7 Å². The summed E-state index contributed by atoms with van der Waals surface area (Å²) < 4.78 is 7.59. The Morgan fingerprint density at radius 2 is 1.66 bits per heavy atom. The molecule has 2 heterocycles. The van der Waals surface area contributed by atoms with Crippen molar-refractivity contribution >= 4 is 16.7 Å². The van der Waals surface area contributed by atoms with Gasteiger partial charge in [-0.1, -0.05) is 74.4 Å². The van der Waals surface area contributed by atoms with E-state index >= 15 is 0 Å². The molecule has 0 bridgehead atoms. The van der Waals surface area contributed by atoms with Gasteiger partial charge in [0.15, 0.2) is 11.5 Å². The Morgan fingerprint density at radius 3 is 2.41 bits per heavy atom. The van der Waals surface area contributed by atoms with Gasteiger partial charge in [0.25, 0.3) is 0 Å². The van der Waals surface area contributed by atoms with Gasteiger partial charge in [0.05, 0.1) is 18.1 Å². The van der Waals surface area contributed by atoms with Crippen molar-refractivity contribution in [3.05, 3.63) is 78.4 Å². The molecular weight excluding hydrogens is 396 g/mol. The molecule has 2 aromatic heterocycles. The third-order valence-corrected chi connectivity index (χ3v) is 5.86. The first kappa shape index (κ1) is 20.2. The molecule has 5 rings (SSSR count). The van der Waals surface area contributed by atoms with Crippen LogP contribution in [0.1, 0.15) is 31.7 Å². The second kappa shape index (κ2) is 8.79. The maximum atomic E-state index is 5.49. The topological polar surface area (TPSA) is 52.3 Å². The molecule has 0 fully saturated rings. The molecular formula is C27H26N4O. The van der Waals surface area contributed by atoms with E-state index in [0.29, 0.717) is 0 Å². The zero-order valence-electron chi connectivity index (χ0n) is 18.5. The normalized spacial score (nSPS) is 11.3. The molecule has 0 amide bonds. The number of nitrogens with zero attached hydrogens (tertiary/aromatic N) is 4. The van der Waals surface area contributed by atoms with Gasteiger partial charge >= 0.3 is 0 Å². The molecule has 0 aliphatic heterocycles. The Balaban J connectivity index is 1.69. The highest BCUT2D eigenvalue weighted by Crippen LogP contribution is 2.31. The summed E-state index contributed by atoms with van der Waals surface area (Å²) in [4.78, 5) is 4.93. The minimum absolute atomic E-state index is 0.735. The molecule has 3 aromatic carbocycles. The van der Waals surface area contributed by atoms with Crippen LogP contribution in [0, 0.1) is 0 Å². The number of rotatable bonds is 7. The van der Waals surface area contributed by atoms with Crippen molar-refractivity contribution in [1.29, 1.82) is 0 Å². The smallest absolute Gasteiger partial charge is 0.188 e. The van der Waals surface area contributed by atoms with E-state index in [1.54, 1.807) is 7.11 Å². The van der Waals surface area contributed by atoms with Gasteiger partial charge < -0.3 is 4.74 Å². The van der Waals surface area contributed by atoms with Crippen LogP contribution in [0.2, 0.25) is 0 Å². The fourth-order valence-electron chi connectivity index (χ4n) is 4.12. The van der Waals surface area contributed by atoms with Crippen LogP contribution in [0.5, 0.6) is 5.75 Å². The van der Waals surface area contributed by atoms with Crippen molar-refractivity contribution in [2.75, 3.05) is 7.11 Å². The van der Waals surface area contributed by atoms with Crippen molar-refractivity contribution in [2.45, 2.75) is 32.6 Å². The van der Waals surface area contributed by atoms with Crippen molar-refractivity contribution < 1.29 is 4.74 Å². The van der Waals surface area contributed by atoms with Gasteiger partial charge in [-0.15, -0.1) is 10.2 Å². The van der Waals surface area contributed by atoms with Gasteiger partial charge in [-0.2, -0.15) is 0 Å². The predicted molar refractivity (Wildman–Crippen MR) is 129 cm³/mol. The highest BCUT2D eigenvalue weighted by Gasteiger charge is 2.18. The van der Waals surface area contributed by atoms with Crippen LogP contribution in [0.25, 0.3) is 39.3 Å². The zero-order chi connectivity index (χ0) is 21.9. The summed E-state index contributed by atoms with van der Waals surface area (Å²) in [7, 11) is 1.68. The fraction of sp³-hybridized carbons (Fsp3) is 0.222. The van der Waals surface area contributed by atoms with E-state index in [-0.39, 0.29) is 0 Å². The molecule has 0 radical (unpaired) electrons. The number of fused-ring (bicyclic) bond motifs is 3. The summed E-state index contributed by atoms with van der Waals surface area (Å²) in [6, 6.07) is 24.8. The lowest BCUT2D eigenvalue weighted by atomic mass is 10.1. The molecule has 0 aliphatic carbocycles. The summed E-state index contributed by atoms with van der Waals surface area (Å²) in [5.41, 5.74) is 6.75. The van der Waals surface area contributed by atoms with E-state index in [1.165, 1.54) is 24.8 Å². The van der Waals surface area contributed by atoms with Crippen LogP contribution < -0.4 is 4.74 Å². The standard InChI is InChI=1S/C27H26N4O/c1-3-4-6-9-19-12-14-21(15-13-19)26-29-30-27-25(20-10-7-5-8-11-20)28-23-17-16-22(32-2)18-24(23)31(26)27/h5,7-8,10-18H,3-4,6,9H2,1-2H3. The van der Waals surface area contributed by atoms with Crippen LogP contribution in [0.3, 0.4) is 0 Å². The zero-order valence-corrected chi connectivity index (χ0v) is 18.5. The van der Waals surface area contributed by atoms with E-state index in [4.69, 9.17) is 9.72 Å². The van der Waals surface area contributed by atoms with Gasteiger partial charge in [-0.05, 0) is 30.5 Å².